The van der Waals surface area contributed by atoms with Crippen LogP contribution >= 0.6 is 11.6 Å². The highest BCUT2D eigenvalue weighted by Crippen LogP contribution is 2.38. The van der Waals surface area contributed by atoms with Gasteiger partial charge in [0.1, 0.15) is 5.82 Å². The van der Waals surface area contributed by atoms with Crippen molar-refractivity contribution in [2.24, 2.45) is 5.92 Å². The molecule has 0 spiro atoms. The lowest BCUT2D eigenvalue weighted by Crippen LogP contribution is -2.09. The zero-order valence-electron chi connectivity index (χ0n) is 10.2. The Balaban J connectivity index is 2.08. The second-order valence-electron chi connectivity index (χ2n) is 5.12. The Bertz CT molecular complexity index is 604. The zero-order chi connectivity index (χ0) is 12.9. The molecule has 2 aromatic rings. The van der Waals surface area contributed by atoms with Gasteiger partial charge in [-0.25, -0.2) is 9.37 Å². The molecule has 0 bridgehead atoms. The Morgan fingerprint density at radius 1 is 1.56 bits per heavy atom. The number of hydrogen-bond donors (Lipinski definition) is 1. The van der Waals surface area contributed by atoms with Gasteiger partial charge in [0.05, 0.1) is 16.1 Å². The Morgan fingerprint density at radius 3 is 2.94 bits per heavy atom. The van der Waals surface area contributed by atoms with Gasteiger partial charge in [-0.05, 0) is 25.3 Å². The molecule has 1 aliphatic carbocycles. The fraction of sp³-hybridized carbons (Fsp3) is 0.462. The van der Waals surface area contributed by atoms with E-state index in [1.54, 1.807) is 0 Å². The summed E-state index contributed by atoms with van der Waals surface area (Å²) in [5.41, 5.74) is 7.32. The van der Waals surface area contributed by atoms with Crippen LogP contribution in [0.3, 0.4) is 0 Å². The highest BCUT2D eigenvalue weighted by molar-refractivity contribution is 6.31. The normalized spacial score (nSPS) is 17.3. The molecule has 96 valence electrons. The lowest BCUT2D eigenvalue weighted by atomic mass is 10.1. The molecular formula is C13H15ClFN3. The number of nitrogens with zero attached hydrogens (tertiary/aromatic N) is 2. The van der Waals surface area contributed by atoms with Crippen molar-refractivity contribution in [1.82, 2.24) is 9.55 Å². The quantitative estimate of drug-likeness (QED) is 0.920. The summed E-state index contributed by atoms with van der Waals surface area (Å²) in [5, 5.41) is 0.0852. The second kappa shape index (κ2) is 4.12. The van der Waals surface area contributed by atoms with E-state index in [1.165, 1.54) is 25.0 Å². The fourth-order valence-electron chi connectivity index (χ4n) is 2.51. The zero-order valence-corrected chi connectivity index (χ0v) is 10.9. The van der Waals surface area contributed by atoms with Gasteiger partial charge in [0, 0.05) is 12.1 Å². The molecule has 1 aromatic heterocycles. The summed E-state index contributed by atoms with van der Waals surface area (Å²) in [6.45, 7) is 2.10. The van der Waals surface area contributed by atoms with Crippen LogP contribution in [0.4, 0.5) is 10.3 Å². The van der Waals surface area contributed by atoms with Gasteiger partial charge in [0.2, 0.25) is 5.95 Å². The van der Waals surface area contributed by atoms with Crippen LogP contribution in [-0.2, 0) is 0 Å². The van der Waals surface area contributed by atoms with E-state index in [-0.39, 0.29) is 11.1 Å². The average molecular weight is 268 g/mol. The Hall–Kier alpha value is -1.29. The summed E-state index contributed by atoms with van der Waals surface area (Å²) in [6.07, 6.45) is 3.65. The third-order valence-electron chi connectivity index (χ3n) is 3.57. The van der Waals surface area contributed by atoms with Crippen LogP contribution in [-0.4, -0.2) is 9.55 Å². The molecule has 1 atom stereocenters. The summed E-state index contributed by atoms with van der Waals surface area (Å²) in [5.74, 6) is 0.790. The molecule has 3 rings (SSSR count). The summed E-state index contributed by atoms with van der Waals surface area (Å²) in [6, 6.07) is 3.19. The van der Waals surface area contributed by atoms with Crippen LogP contribution in [0.5, 0.6) is 0 Å². The van der Waals surface area contributed by atoms with E-state index in [0.717, 1.165) is 17.9 Å². The first-order valence-electron chi connectivity index (χ1n) is 6.18. The number of benzene rings is 1. The van der Waals surface area contributed by atoms with Crippen molar-refractivity contribution in [3.05, 3.63) is 23.0 Å². The van der Waals surface area contributed by atoms with E-state index in [0.29, 0.717) is 11.5 Å². The molecule has 3 nitrogen and oxygen atoms in total. The van der Waals surface area contributed by atoms with Gasteiger partial charge in [-0.15, -0.1) is 0 Å². The molecule has 18 heavy (non-hydrogen) atoms. The van der Waals surface area contributed by atoms with Crippen molar-refractivity contribution < 1.29 is 4.39 Å². The molecule has 0 saturated heterocycles. The first-order chi connectivity index (χ1) is 8.56. The fourth-order valence-corrected chi connectivity index (χ4v) is 2.67. The molecule has 0 radical (unpaired) electrons. The first-order valence-corrected chi connectivity index (χ1v) is 6.56. The predicted octanol–water partition coefficient (Wildman–Crippen LogP) is 3.77. The summed E-state index contributed by atoms with van der Waals surface area (Å²) < 4.78 is 15.5. The molecule has 1 fully saturated rings. The Morgan fingerprint density at radius 2 is 2.28 bits per heavy atom. The highest BCUT2D eigenvalue weighted by atomic mass is 35.5. The molecular weight excluding hydrogens is 253 g/mol. The summed E-state index contributed by atoms with van der Waals surface area (Å²) >= 11 is 5.76. The van der Waals surface area contributed by atoms with Gasteiger partial charge >= 0.3 is 0 Å². The minimum atomic E-state index is -0.427. The van der Waals surface area contributed by atoms with E-state index in [4.69, 9.17) is 17.3 Å². The van der Waals surface area contributed by atoms with Crippen LogP contribution in [0.2, 0.25) is 5.02 Å². The molecule has 1 aliphatic rings. The largest absolute Gasteiger partial charge is 0.369 e. The number of nitrogen functional groups attached to an aromatic ring is 1. The standard InChI is InChI=1S/C13H15ClFN3/c1-7(4-8-2-3-8)18-12-6-10(15)9(14)5-11(12)17-13(18)16/h5-8H,2-4H2,1H3,(H2,16,17). The minimum absolute atomic E-state index is 0.0852. The Kier molecular flexibility index (Phi) is 2.70. The monoisotopic (exact) mass is 267 g/mol. The van der Waals surface area contributed by atoms with Gasteiger partial charge in [-0.1, -0.05) is 24.4 Å². The lowest BCUT2D eigenvalue weighted by molar-refractivity contribution is 0.492. The van der Waals surface area contributed by atoms with Crippen molar-refractivity contribution >= 4 is 28.6 Å². The second-order valence-corrected chi connectivity index (χ2v) is 5.53. The van der Waals surface area contributed by atoms with Crippen molar-refractivity contribution in [2.75, 3.05) is 5.73 Å². The maximum Gasteiger partial charge on any atom is 0.201 e. The van der Waals surface area contributed by atoms with Crippen molar-refractivity contribution in [3.8, 4) is 0 Å². The number of aromatic nitrogens is 2. The van der Waals surface area contributed by atoms with Crippen LogP contribution in [0, 0.1) is 11.7 Å². The first kappa shape index (κ1) is 11.8. The highest BCUT2D eigenvalue weighted by Gasteiger charge is 2.26. The van der Waals surface area contributed by atoms with E-state index in [2.05, 4.69) is 11.9 Å². The summed E-state index contributed by atoms with van der Waals surface area (Å²) in [7, 11) is 0. The van der Waals surface area contributed by atoms with Gasteiger partial charge in [0.15, 0.2) is 0 Å². The number of halogens is 2. The summed E-state index contributed by atoms with van der Waals surface area (Å²) in [4.78, 5) is 4.25. The third kappa shape index (κ3) is 1.94. The minimum Gasteiger partial charge on any atom is -0.369 e. The number of rotatable bonds is 3. The molecule has 0 amide bonds. The topological polar surface area (TPSA) is 43.8 Å². The van der Waals surface area contributed by atoms with E-state index < -0.39 is 5.82 Å². The number of imidazole rings is 1. The Labute approximate surface area is 110 Å². The van der Waals surface area contributed by atoms with Crippen LogP contribution in [0.15, 0.2) is 12.1 Å². The van der Waals surface area contributed by atoms with Crippen LogP contribution in [0.1, 0.15) is 32.2 Å². The van der Waals surface area contributed by atoms with Crippen LogP contribution < -0.4 is 5.73 Å². The SMILES string of the molecule is CC(CC1CC1)n1c(N)nc2cc(Cl)c(F)cc21. The average Bonchev–Trinajstić information content (AvgIpc) is 3.03. The molecule has 2 N–H and O–H groups in total. The van der Waals surface area contributed by atoms with Crippen LogP contribution in [0.25, 0.3) is 11.0 Å². The maximum absolute atomic E-state index is 13.6. The van der Waals surface area contributed by atoms with E-state index in [1.807, 2.05) is 4.57 Å². The van der Waals surface area contributed by atoms with Gasteiger partial charge in [-0.2, -0.15) is 0 Å². The number of hydrogen-bond acceptors (Lipinski definition) is 2. The molecule has 1 unspecified atom stereocenters. The van der Waals surface area contributed by atoms with Crippen molar-refractivity contribution in [3.63, 3.8) is 0 Å². The van der Waals surface area contributed by atoms with Gasteiger partial charge in [-0.3, -0.25) is 0 Å². The molecule has 1 saturated carbocycles. The van der Waals surface area contributed by atoms with E-state index in [9.17, 15) is 4.39 Å². The molecule has 1 aromatic carbocycles. The number of fused-ring (bicyclic) bond motifs is 1. The van der Waals surface area contributed by atoms with Gasteiger partial charge in [0.25, 0.3) is 0 Å². The van der Waals surface area contributed by atoms with Crippen molar-refractivity contribution in [2.45, 2.75) is 32.2 Å². The van der Waals surface area contributed by atoms with Crippen molar-refractivity contribution in [1.29, 1.82) is 0 Å². The van der Waals surface area contributed by atoms with E-state index >= 15 is 0 Å². The molecule has 1 heterocycles. The smallest absolute Gasteiger partial charge is 0.201 e. The molecule has 0 aliphatic heterocycles. The predicted molar refractivity (Wildman–Crippen MR) is 71.2 cm³/mol. The van der Waals surface area contributed by atoms with Gasteiger partial charge < -0.3 is 10.3 Å². The number of anilines is 1. The number of nitrogens with two attached hydrogens (primary N) is 1. The lowest BCUT2D eigenvalue weighted by Gasteiger charge is -2.15. The maximum atomic E-state index is 13.6. The third-order valence-corrected chi connectivity index (χ3v) is 3.86. The molecule has 5 heteroatoms.